The van der Waals surface area contributed by atoms with Crippen molar-refractivity contribution in [3.8, 4) is 11.5 Å². The number of phenolic OH excluding ortho intramolecular Hbond substituents is 1. The van der Waals surface area contributed by atoms with Gasteiger partial charge in [-0.05, 0) is 78.9 Å². The molecule has 0 bridgehead atoms. The molecule has 0 saturated heterocycles. The molecule has 2 fully saturated rings. The number of ketones is 1. The van der Waals surface area contributed by atoms with Crippen LogP contribution in [0, 0.1) is 17.3 Å². The third-order valence-electron chi connectivity index (χ3n) is 8.36. The summed E-state index contributed by atoms with van der Waals surface area (Å²) in [5.74, 6) is 1.48. The van der Waals surface area contributed by atoms with Crippen molar-refractivity contribution >= 4 is 5.78 Å². The number of methoxy groups -OCH3 is 1. The van der Waals surface area contributed by atoms with Crippen molar-refractivity contribution in [2.24, 2.45) is 17.3 Å². The molecular formula is C26H30O4. The maximum atomic E-state index is 13.6. The van der Waals surface area contributed by atoms with E-state index in [9.17, 15) is 15.0 Å². The Labute approximate surface area is 177 Å². The lowest BCUT2D eigenvalue weighted by molar-refractivity contribution is -0.0227. The number of fused-ring (bicyclic) bond motifs is 5. The monoisotopic (exact) mass is 406 g/mol. The molecule has 3 aliphatic carbocycles. The number of aromatic hydroxyl groups is 1. The Balaban J connectivity index is 1.66. The maximum Gasteiger partial charge on any atom is 0.197 e. The van der Waals surface area contributed by atoms with E-state index in [1.165, 1.54) is 7.11 Å². The molecule has 0 heterocycles. The van der Waals surface area contributed by atoms with Crippen LogP contribution in [0.5, 0.6) is 11.5 Å². The molecule has 0 aromatic heterocycles. The fourth-order valence-electron chi connectivity index (χ4n) is 6.86. The van der Waals surface area contributed by atoms with E-state index in [0.29, 0.717) is 28.7 Å². The largest absolute Gasteiger partial charge is 0.504 e. The summed E-state index contributed by atoms with van der Waals surface area (Å²) in [6.07, 6.45) is 5.56. The fourth-order valence-corrected chi connectivity index (χ4v) is 6.86. The van der Waals surface area contributed by atoms with Crippen molar-refractivity contribution < 1.29 is 19.7 Å². The Morgan fingerprint density at radius 1 is 1.13 bits per heavy atom. The minimum absolute atomic E-state index is 0.0106. The van der Waals surface area contributed by atoms with Crippen LogP contribution in [0.1, 0.15) is 72.0 Å². The predicted octanol–water partition coefficient (Wildman–Crippen LogP) is 4.85. The molecule has 0 spiro atoms. The quantitative estimate of drug-likeness (QED) is 0.715. The summed E-state index contributed by atoms with van der Waals surface area (Å²) in [5, 5.41) is 21.3. The Hall–Kier alpha value is -2.33. The first-order valence-corrected chi connectivity index (χ1v) is 11.2. The van der Waals surface area contributed by atoms with E-state index in [-0.39, 0.29) is 29.0 Å². The molecule has 0 aliphatic heterocycles. The Morgan fingerprint density at radius 2 is 1.90 bits per heavy atom. The molecule has 5 rings (SSSR count). The van der Waals surface area contributed by atoms with Gasteiger partial charge in [0.2, 0.25) is 0 Å². The highest BCUT2D eigenvalue weighted by molar-refractivity contribution is 6.12. The molecule has 4 heteroatoms. The third kappa shape index (κ3) is 2.73. The van der Waals surface area contributed by atoms with Gasteiger partial charge in [-0.3, -0.25) is 4.79 Å². The molecule has 0 radical (unpaired) electrons. The van der Waals surface area contributed by atoms with Gasteiger partial charge < -0.3 is 14.9 Å². The molecule has 2 aromatic carbocycles. The summed E-state index contributed by atoms with van der Waals surface area (Å²) in [5.41, 5.74) is 3.30. The zero-order chi connectivity index (χ0) is 21.0. The van der Waals surface area contributed by atoms with Crippen LogP contribution in [0.4, 0.5) is 0 Å². The van der Waals surface area contributed by atoms with E-state index in [0.717, 1.165) is 49.7 Å². The van der Waals surface area contributed by atoms with Crippen molar-refractivity contribution in [3.63, 3.8) is 0 Å². The van der Waals surface area contributed by atoms with Crippen LogP contribution < -0.4 is 4.74 Å². The number of aliphatic hydroxyl groups excluding tert-OH is 1. The Morgan fingerprint density at radius 3 is 2.63 bits per heavy atom. The SMILES string of the molecule is COc1c(O)cc2c(c1C(=O)c1ccccc1)[C@H]1CC[C@]3(C)[C@@H](O)CC[C@H]3[C@@H]1CC2. The standard InChI is InChI=1S/C26H30O4/c1-26-13-12-18-17(19(26)10-11-21(26)28)9-8-16-14-20(27)25(30-2)23(22(16)18)24(29)15-6-4-3-5-7-15/h3-7,14,17-19,21,27-28H,8-13H2,1-2H3/t17-,18+,19+,21+,26+/m1/s1. The first kappa shape index (κ1) is 19.6. The molecule has 4 nitrogen and oxygen atoms in total. The van der Waals surface area contributed by atoms with Gasteiger partial charge in [-0.25, -0.2) is 0 Å². The predicted molar refractivity (Wildman–Crippen MR) is 115 cm³/mol. The number of carbonyl (C=O) groups excluding carboxylic acids is 1. The van der Waals surface area contributed by atoms with Gasteiger partial charge in [0.25, 0.3) is 0 Å². The maximum absolute atomic E-state index is 13.6. The molecule has 2 saturated carbocycles. The summed E-state index contributed by atoms with van der Waals surface area (Å²) < 4.78 is 5.58. The van der Waals surface area contributed by atoms with Crippen LogP contribution in [0.25, 0.3) is 0 Å². The molecule has 5 atom stereocenters. The second-order valence-corrected chi connectivity index (χ2v) is 9.63. The van der Waals surface area contributed by atoms with Gasteiger partial charge in [0.1, 0.15) is 0 Å². The lowest BCUT2D eigenvalue weighted by Gasteiger charge is -2.50. The van der Waals surface area contributed by atoms with E-state index in [2.05, 4.69) is 6.92 Å². The van der Waals surface area contributed by atoms with Crippen LogP contribution in [0.2, 0.25) is 0 Å². The van der Waals surface area contributed by atoms with Crippen molar-refractivity contribution in [2.45, 2.75) is 57.5 Å². The van der Waals surface area contributed by atoms with E-state index >= 15 is 0 Å². The second-order valence-electron chi connectivity index (χ2n) is 9.63. The van der Waals surface area contributed by atoms with Crippen molar-refractivity contribution in [2.75, 3.05) is 7.11 Å². The van der Waals surface area contributed by atoms with Crippen LogP contribution in [0.15, 0.2) is 36.4 Å². The highest BCUT2D eigenvalue weighted by Gasteiger charge is 2.55. The van der Waals surface area contributed by atoms with Gasteiger partial charge in [0.15, 0.2) is 17.3 Å². The lowest BCUT2D eigenvalue weighted by Crippen LogP contribution is -2.44. The third-order valence-corrected chi connectivity index (χ3v) is 8.36. The van der Waals surface area contributed by atoms with Gasteiger partial charge >= 0.3 is 0 Å². The first-order valence-electron chi connectivity index (χ1n) is 11.2. The van der Waals surface area contributed by atoms with Crippen molar-refractivity contribution in [3.05, 3.63) is 58.7 Å². The zero-order valence-electron chi connectivity index (χ0n) is 17.7. The zero-order valence-corrected chi connectivity index (χ0v) is 17.7. The topological polar surface area (TPSA) is 66.8 Å². The van der Waals surface area contributed by atoms with Gasteiger partial charge in [-0.2, -0.15) is 0 Å². The fraction of sp³-hybridized carbons (Fsp3) is 0.500. The van der Waals surface area contributed by atoms with E-state index in [4.69, 9.17) is 4.74 Å². The molecule has 2 aromatic rings. The number of ether oxygens (including phenoxy) is 1. The first-order chi connectivity index (χ1) is 14.5. The van der Waals surface area contributed by atoms with Gasteiger partial charge in [-0.1, -0.05) is 37.3 Å². The van der Waals surface area contributed by atoms with Crippen molar-refractivity contribution in [1.82, 2.24) is 0 Å². The molecule has 0 amide bonds. The van der Waals surface area contributed by atoms with Crippen molar-refractivity contribution in [1.29, 1.82) is 0 Å². The van der Waals surface area contributed by atoms with Crippen LogP contribution in [-0.2, 0) is 6.42 Å². The summed E-state index contributed by atoms with van der Waals surface area (Å²) in [4.78, 5) is 13.6. The summed E-state index contributed by atoms with van der Waals surface area (Å²) in [7, 11) is 1.52. The van der Waals surface area contributed by atoms with E-state index in [1.54, 1.807) is 0 Å². The number of hydrogen-bond donors (Lipinski definition) is 2. The highest BCUT2D eigenvalue weighted by atomic mass is 16.5. The molecule has 3 aliphatic rings. The number of hydrogen-bond acceptors (Lipinski definition) is 4. The van der Waals surface area contributed by atoms with Gasteiger partial charge in [-0.15, -0.1) is 0 Å². The number of phenols is 1. The highest BCUT2D eigenvalue weighted by Crippen LogP contribution is 2.62. The minimum atomic E-state index is -0.218. The van der Waals surface area contributed by atoms with E-state index in [1.807, 2.05) is 36.4 Å². The number of aliphatic hydroxyl groups is 1. The number of carbonyl (C=O) groups is 1. The average molecular weight is 407 g/mol. The molecule has 30 heavy (non-hydrogen) atoms. The molecular weight excluding hydrogens is 376 g/mol. The lowest BCUT2D eigenvalue weighted by atomic mass is 9.55. The normalized spacial score (nSPS) is 32.1. The van der Waals surface area contributed by atoms with Gasteiger partial charge in [0, 0.05) is 5.56 Å². The molecule has 2 N–H and O–H groups in total. The minimum Gasteiger partial charge on any atom is -0.504 e. The molecule has 0 unspecified atom stereocenters. The number of aryl methyl sites for hydroxylation is 1. The number of benzene rings is 2. The summed E-state index contributed by atoms with van der Waals surface area (Å²) in [6, 6.07) is 11.1. The molecule has 158 valence electrons. The Kier molecular flexibility index (Phi) is 4.66. The van der Waals surface area contributed by atoms with E-state index < -0.39 is 0 Å². The van der Waals surface area contributed by atoms with Crippen LogP contribution in [-0.4, -0.2) is 29.2 Å². The van der Waals surface area contributed by atoms with Gasteiger partial charge in [0.05, 0.1) is 18.8 Å². The Bertz CT molecular complexity index is 982. The average Bonchev–Trinajstić information content (AvgIpc) is 3.07. The van der Waals surface area contributed by atoms with Crippen LogP contribution in [0.3, 0.4) is 0 Å². The summed E-state index contributed by atoms with van der Waals surface area (Å²) >= 11 is 0. The van der Waals surface area contributed by atoms with Crippen LogP contribution >= 0.6 is 0 Å². The second kappa shape index (κ2) is 7.12. The smallest absolute Gasteiger partial charge is 0.197 e. The summed E-state index contributed by atoms with van der Waals surface area (Å²) in [6.45, 7) is 2.26. The number of rotatable bonds is 3.